The van der Waals surface area contributed by atoms with E-state index in [9.17, 15) is 0 Å². The highest BCUT2D eigenvalue weighted by atomic mass is 16.6. The molecule has 0 saturated heterocycles. The summed E-state index contributed by atoms with van der Waals surface area (Å²) >= 11 is 0. The van der Waals surface area contributed by atoms with Crippen molar-refractivity contribution in [3.63, 3.8) is 0 Å². The van der Waals surface area contributed by atoms with E-state index < -0.39 is 0 Å². The maximum Gasteiger partial charge on any atom is 0.107 e. The van der Waals surface area contributed by atoms with E-state index in [2.05, 4.69) is 5.92 Å². The van der Waals surface area contributed by atoms with E-state index in [0.29, 0.717) is 59.4 Å². The molecule has 18 heavy (non-hydrogen) atoms. The minimum Gasteiger partial charge on any atom is -0.378 e. The van der Waals surface area contributed by atoms with Gasteiger partial charge < -0.3 is 24.7 Å². The second-order valence-corrected chi connectivity index (χ2v) is 2.88. The average molecular weight is 261 g/mol. The van der Waals surface area contributed by atoms with Gasteiger partial charge >= 0.3 is 0 Å². The second kappa shape index (κ2) is 21.6. The topological polar surface area (TPSA) is 62.9 Å². The largest absolute Gasteiger partial charge is 0.378 e. The van der Waals surface area contributed by atoms with Crippen LogP contribution in [0.1, 0.15) is 13.8 Å². The highest BCUT2D eigenvalue weighted by Gasteiger charge is 1.91. The van der Waals surface area contributed by atoms with Gasteiger partial charge in [-0.3, -0.25) is 0 Å². The molecule has 0 aromatic carbocycles. The van der Waals surface area contributed by atoms with Crippen LogP contribution in [0.3, 0.4) is 0 Å². The molecule has 0 aromatic rings. The molecule has 0 aliphatic rings. The monoisotopic (exact) mass is 261 g/mol. The number of nitrogens with two attached hydrogens (primary N) is 1. The van der Waals surface area contributed by atoms with E-state index in [4.69, 9.17) is 31.1 Å². The predicted octanol–water partition coefficient (Wildman–Crippen LogP) is 0.671. The third kappa shape index (κ3) is 20.7. The summed E-state index contributed by atoms with van der Waals surface area (Å²) in [6.45, 7) is 8.75. The Kier molecular flexibility index (Phi) is 23.7. The van der Waals surface area contributed by atoms with Crippen LogP contribution in [0.5, 0.6) is 0 Å². The zero-order valence-corrected chi connectivity index (χ0v) is 11.7. The Bertz CT molecular complexity index is 171. The first-order valence-corrected chi connectivity index (χ1v) is 6.36. The number of rotatable bonds is 12. The first-order chi connectivity index (χ1) is 8.91. The van der Waals surface area contributed by atoms with Crippen LogP contribution >= 0.6 is 0 Å². The normalized spacial score (nSPS) is 9.44. The number of hydrogen-bond acceptors (Lipinski definition) is 5. The van der Waals surface area contributed by atoms with Crippen molar-refractivity contribution >= 4 is 0 Å². The lowest BCUT2D eigenvalue weighted by molar-refractivity contribution is 0.00223. The molecule has 0 rings (SSSR count). The summed E-state index contributed by atoms with van der Waals surface area (Å²) in [4.78, 5) is 0. The molecule has 0 spiro atoms. The molecule has 0 amide bonds. The molecule has 0 aromatic heterocycles. The standard InChI is InChI=1S/C11H21NO4.C2H6/c1-2-4-13-6-8-15-10-11-16-9-7-14-5-3-12;1-2/h1H,3-12H2;1-2H3. The van der Waals surface area contributed by atoms with Crippen LogP contribution in [0.4, 0.5) is 0 Å². The van der Waals surface area contributed by atoms with Gasteiger partial charge in [-0.1, -0.05) is 19.8 Å². The van der Waals surface area contributed by atoms with E-state index in [1.807, 2.05) is 13.8 Å². The van der Waals surface area contributed by atoms with Crippen molar-refractivity contribution in [3.05, 3.63) is 0 Å². The highest BCUT2D eigenvalue weighted by Crippen LogP contribution is 1.81. The first kappa shape index (κ1) is 19.7. The van der Waals surface area contributed by atoms with Crippen molar-refractivity contribution in [2.24, 2.45) is 5.73 Å². The van der Waals surface area contributed by atoms with Gasteiger partial charge in [0.1, 0.15) is 6.61 Å². The minimum atomic E-state index is 0.332. The summed E-state index contributed by atoms with van der Waals surface area (Å²) in [5, 5.41) is 0. The molecule has 0 radical (unpaired) electrons. The smallest absolute Gasteiger partial charge is 0.107 e. The zero-order chi connectivity index (χ0) is 13.9. The Hall–Kier alpha value is -0.640. The number of hydrogen-bond donors (Lipinski definition) is 1. The van der Waals surface area contributed by atoms with Gasteiger partial charge in [-0.15, -0.1) is 6.42 Å². The van der Waals surface area contributed by atoms with Gasteiger partial charge in [-0.2, -0.15) is 0 Å². The Morgan fingerprint density at radius 1 is 0.778 bits per heavy atom. The summed E-state index contributed by atoms with van der Waals surface area (Å²) in [6, 6.07) is 0. The summed E-state index contributed by atoms with van der Waals surface area (Å²) < 4.78 is 20.6. The van der Waals surface area contributed by atoms with Gasteiger partial charge in [0.15, 0.2) is 0 Å². The quantitative estimate of drug-likeness (QED) is 0.413. The molecular formula is C13H27NO4. The predicted molar refractivity (Wildman–Crippen MR) is 72.5 cm³/mol. The summed E-state index contributed by atoms with van der Waals surface area (Å²) in [6.07, 6.45) is 5.00. The molecule has 5 heteroatoms. The molecule has 0 fully saturated rings. The van der Waals surface area contributed by atoms with E-state index in [-0.39, 0.29) is 0 Å². The number of terminal acetylenes is 1. The third-order valence-electron chi connectivity index (χ3n) is 1.56. The molecule has 0 unspecified atom stereocenters. The first-order valence-electron chi connectivity index (χ1n) is 6.36. The molecule has 5 nitrogen and oxygen atoms in total. The number of ether oxygens (including phenoxy) is 4. The van der Waals surface area contributed by atoms with E-state index in [1.54, 1.807) is 0 Å². The maximum atomic E-state index is 5.25. The summed E-state index contributed by atoms with van der Waals surface area (Å²) in [5.41, 5.74) is 5.25. The lowest BCUT2D eigenvalue weighted by Gasteiger charge is -2.06. The molecular weight excluding hydrogens is 234 g/mol. The van der Waals surface area contributed by atoms with Gasteiger partial charge in [0.2, 0.25) is 0 Å². The molecule has 0 aliphatic carbocycles. The lowest BCUT2D eigenvalue weighted by Crippen LogP contribution is -2.14. The van der Waals surface area contributed by atoms with E-state index >= 15 is 0 Å². The molecule has 0 atom stereocenters. The van der Waals surface area contributed by atoms with Crippen molar-refractivity contribution in [1.29, 1.82) is 0 Å². The molecule has 2 N–H and O–H groups in total. The van der Waals surface area contributed by atoms with Crippen molar-refractivity contribution < 1.29 is 18.9 Å². The maximum absolute atomic E-state index is 5.25. The van der Waals surface area contributed by atoms with Gasteiger partial charge in [0.25, 0.3) is 0 Å². The highest BCUT2D eigenvalue weighted by molar-refractivity contribution is 4.82. The Labute approximate surface area is 111 Å². The van der Waals surface area contributed by atoms with Crippen molar-refractivity contribution in [1.82, 2.24) is 0 Å². The van der Waals surface area contributed by atoms with Crippen LogP contribution in [-0.4, -0.2) is 59.4 Å². The second-order valence-electron chi connectivity index (χ2n) is 2.88. The zero-order valence-electron chi connectivity index (χ0n) is 11.7. The van der Waals surface area contributed by atoms with Crippen LogP contribution in [0.25, 0.3) is 0 Å². The van der Waals surface area contributed by atoms with Crippen LogP contribution in [0.15, 0.2) is 0 Å². The molecule has 0 heterocycles. The molecule has 0 bridgehead atoms. The van der Waals surface area contributed by atoms with E-state index in [1.165, 1.54) is 0 Å². The Morgan fingerprint density at radius 2 is 1.17 bits per heavy atom. The molecule has 108 valence electrons. The minimum absolute atomic E-state index is 0.332. The molecule has 0 aliphatic heterocycles. The third-order valence-corrected chi connectivity index (χ3v) is 1.56. The van der Waals surface area contributed by atoms with Crippen LogP contribution in [0, 0.1) is 12.3 Å². The van der Waals surface area contributed by atoms with Crippen molar-refractivity contribution in [2.45, 2.75) is 13.8 Å². The van der Waals surface area contributed by atoms with Crippen LogP contribution < -0.4 is 5.73 Å². The van der Waals surface area contributed by atoms with Gasteiger partial charge in [-0.25, -0.2) is 0 Å². The lowest BCUT2D eigenvalue weighted by atomic mass is 10.7. The Morgan fingerprint density at radius 3 is 1.56 bits per heavy atom. The summed E-state index contributed by atoms with van der Waals surface area (Å²) in [5.74, 6) is 2.38. The molecule has 0 saturated carbocycles. The Balaban J connectivity index is 0. The fourth-order valence-electron chi connectivity index (χ4n) is 0.874. The average Bonchev–Trinajstić information content (AvgIpc) is 2.42. The van der Waals surface area contributed by atoms with Gasteiger partial charge in [0.05, 0.1) is 46.2 Å². The van der Waals surface area contributed by atoms with Gasteiger partial charge in [0, 0.05) is 6.54 Å². The van der Waals surface area contributed by atoms with Crippen LogP contribution in [-0.2, 0) is 18.9 Å². The van der Waals surface area contributed by atoms with Crippen molar-refractivity contribution in [3.8, 4) is 12.3 Å². The SMILES string of the molecule is C#CCOCCOCCOCCOCCN.CC. The van der Waals surface area contributed by atoms with Gasteiger partial charge in [-0.05, 0) is 0 Å². The fraction of sp³-hybridized carbons (Fsp3) is 0.846. The summed E-state index contributed by atoms with van der Waals surface area (Å²) in [7, 11) is 0. The van der Waals surface area contributed by atoms with Crippen LogP contribution in [0.2, 0.25) is 0 Å². The fourth-order valence-corrected chi connectivity index (χ4v) is 0.874. The van der Waals surface area contributed by atoms with Crippen molar-refractivity contribution in [2.75, 3.05) is 59.4 Å². The van der Waals surface area contributed by atoms with E-state index in [0.717, 1.165) is 0 Å².